The van der Waals surface area contributed by atoms with Gasteiger partial charge in [-0.1, -0.05) is 37.5 Å². The highest BCUT2D eigenvalue weighted by Gasteiger charge is 2.14. The van der Waals surface area contributed by atoms with E-state index < -0.39 is 0 Å². The van der Waals surface area contributed by atoms with Gasteiger partial charge in [-0.05, 0) is 30.9 Å². The Labute approximate surface area is 184 Å². The molecule has 1 aromatic heterocycles. The topological polar surface area (TPSA) is 119 Å². The SMILES string of the molecule is NCCOCCOCCNc1nc(NCC2CCCCC2)nc(Nc2ccccc2)n1. The minimum absolute atomic E-state index is 0.506. The molecule has 0 atom stereocenters. The summed E-state index contributed by atoms with van der Waals surface area (Å²) in [6, 6.07) is 9.88. The number of aromatic nitrogens is 3. The molecule has 1 aromatic carbocycles. The van der Waals surface area contributed by atoms with Gasteiger partial charge in [-0.25, -0.2) is 0 Å². The Morgan fingerprint density at radius 3 is 2.23 bits per heavy atom. The minimum Gasteiger partial charge on any atom is -0.378 e. The zero-order valence-electron chi connectivity index (χ0n) is 18.2. The standard InChI is InChI=1S/C22H35N7O2/c23-11-13-30-15-16-31-14-12-24-20-27-21(25-17-18-7-3-1-4-8-18)29-22(28-20)26-19-9-5-2-6-10-19/h2,5-6,9-10,18H,1,3-4,7-8,11-17,23H2,(H3,24,25,26,27,28,29). The lowest BCUT2D eigenvalue weighted by atomic mass is 9.89. The van der Waals surface area contributed by atoms with Gasteiger partial charge >= 0.3 is 0 Å². The van der Waals surface area contributed by atoms with E-state index in [1.54, 1.807) is 0 Å². The summed E-state index contributed by atoms with van der Waals surface area (Å²) in [5.41, 5.74) is 6.32. The number of benzene rings is 1. The van der Waals surface area contributed by atoms with Crippen molar-refractivity contribution in [1.82, 2.24) is 15.0 Å². The maximum Gasteiger partial charge on any atom is 0.233 e. The quantitative estimate of drug-likeness (QED) is 0.336. The molecule has 0 radical (unpaired) electrons. The van der Waals surface area contributed by atoms with Gasteiger partial charge < -0.3 is 31.2 Å². The first-order chi connectivity index (χ1) is 15.3. The van der Waals surface area contributed by atoms with Gasteiger partial charge in [0.15, 0.2) is 0 Å². The molecule has 31 heavy (non-hydrogen) atoms. The first-order valence-corrected chi connectivity index (χ1v) is 11.2. The fourth-order valence-corrected chi connectivity index (χ4v) is 3.51. The Morgan fingerprint density at radius 2 is 1.48 bits per heavy atom. The molecular weight excluding hydrogens is 394 g/mol. The van der Waals surface area contributed by atoms with Crippen molar-refractivity contribution in [2.24, 2.45) is 11.7 Å². The molecule has 170 valence electrons. The molecule has 1 fully saturated rings. The van der Waals surface area contributed by atoms with Gasteiger partial charge in [0.05, 0.1) is 26.4 Å². The minimum atomic E-state index is 0.506. The number of nitrogens with two attached hydrogens (primary N) is 1. The van der Waals surface area contributed by atoms with Crippen molar-refractivity contribution in [3.05, 3.63) is 30.3 Å². The summed E-state index contributed by atoms with van der Waals surface area (Å²) < 4.78 is 10.8. The van der Waals surface area contributed by atoms with Crippen molar-refractivity contribution < 1.29 is 9.47 Å². The highest BCUT2D eigenvalue weighted by atomic mass is 16.5. The van der Waals surface area contributed by atoms with Crippen LogP contribution in [-0.2, 0) is 9.47 Å². The van der Waals surface area contributed by atoms with Crippen LogP contribution in [0.3, 0.4) is 0 Å². The van der Waals surface area contributed by atoms with E-state index in [0.29, 0.717) is 63.3 Å². The van der Waals surface area contributed by atoms with Crippen molar-refractivity contribution in [1.29, 1.82) is 0 Å². The first-order valence-electron chi connectivity index (χ1n) is 11.2. The molecule has 0 spiro atoms. The normalized spacial score (nSPS) is 14.4. The highest BCUT2D eigenvalue weighted by Crippen LogP contribution is 2.24. The summed E-state index contributed by atoms with van der Waals surface area (Å²) in [5.74, 6) is 2.29. The van der Waals surface area contributed by atoms with E-state index in [-0.39, 0.29) is 0 Å². The predicted molar refractivity (Wildman–Crippen MR) is 124 cm³/mol. The lowest BCUT2D eigenvalue weighted by molar-refractivity contribution is 0.0547. The van der Waals surface area contributed by atoms with Gasteiger partial charge in [0.1, 0.15) is 0 Å². The zero-order chi connectivity index (χ0) is 21.6. The van der Waals surface area contributed by atoms with Crippen molar-refractivity contribution >= 4 is 23.5 Å². The van der Waals surface area contributed by atoms with Gasteiger partial charge in [-0.3, -0.25) is 0 Å². The molecule has 0 aliphatic heterocycles. The molecule has 0 amide bonds. The second kappa shape index (κ2) is 13.7. The number of nitrogens with one attached hydrogen (secondary N) is 3. The van der Waals surface area contributed by atoms with E-state index in [4.69, 9.17) is 15.2 Å². The van der Waals surface area contributed by atoms with E-state index in [1.807, 2.05) is 30.3 Å². The molecule has 1 heterocycles. The summed E-state index contributed by atoms with van der Waals surface area (Å²) in [4.78, 5) is 13.6. The summed E-state index contributed by atoms with van der Waals surface area (Å²) in [7, 11) is 0. The van der Waals surface area contributed by atoms with Crippen LogP contribution in [0.25, 0.3) is 0 Å². The summed E-state index contributed by atoms with van der Waals surface area (Å²) in [5, 5.41) is 9.89. The third-order valence-corrected chi connectivity index (χ3v) is 5.10. The van der Waals surface area contributed by atoms with E-state index in [1.165, 1.54) is 32.1 Å². The molecule has 9 nitrogen and oxygen atoms in total. The average Bonchev–Trinajstić information content (AvgIpc) is 2.81. The average molecular weight is 430 g/mol. The monoisotopic (exact) mass is 429 g/mol. The third kappa shape index (κ3) is 9.04. The maximum absolute atomic E-state index is 5.55. The van der Waals surface area contributed by atoms with Crippen molar-refractivity contribution in [2.75, 3.05) is 62.0 Å². The highest BCUT2D eigenvalue weighted by molar-refractivity contribution is 5.55. The molecule has 1 aliphatic rings. The van der Waals surface area contributed by atoms with Crippen molar-refractivity contribution in [3.63, 3.8) is 0 Å². The molecule has 1 saturated carbocycles. The van der Waals surface area contributed by atoms with Crippen LogP contribution in [0.2, 0.25) is 0 Å². The van der Waals surface area contributed by atoms with Crippen molar-refractivity contribution in [2.45, 2.75) is 32.1 Å². The largest absolute Gasteiger partial charge is 0.378 e. The molecule has 9 heteroatoms. The number of para-hydroxylation sites is 1. The molecule has 0 saturated heterocycles. The Morgan fingerprint density at radius 1 is 0.806 bits per heavy atom. The summed E-state index contributed by atoms with van der Waals surface area (Å²) in [6.07, 6.45) is 6.51. The lowest BCUT2D eigenvalue weighted by Gasteiger charge is -2.21. The molecule has 2 aromatic rings. The number of nitrogens with zero attached hydrogens (tertiary/aromatic N) is 3. The molecular formula is C22H35N7O2. The van der Waals surface area contributed by atoms with Gasteiger partial charge in [-0.15, -0.1) is 0 Å². The Balaban J connectivity index is 1.53. The van der Waals surface area contributed by atoms with E-state index in [0.717, 1.165) is 12.2 Å². The van der Waals surface area contributed by atoms with Crippen LogP contribution in [0.4, 0.5) is 23.5 Å². The Kier molecular flexibility index (Phi) is 10.3. The lowest BCUT2D eigenvalue weighted by Crippen LogP contribution is -2.20. The molecule has 3 rings (SSSR count). The van der Waals surface area contributed by atoms with Gasteiger partial charge in [0, 0.05) is 25.3 Å². The van der Waals surface area contributed by atoms with E-state index >= 15 is 0 Å². The second-order valence-electron chi connectivity index (χ2n) is 7.62. The predicted octanol–water partition coefficient (Wildman–Crippen LogP) is 3.01. The van der Waals surface area contributed by atoms with Gasteiger partial charge in [0.25, 0.3) is 0 Å². The van der Waals surface area contributed by atoms with Crippen LogP contribution in [-0.4, -0.2) is 61.0 Å². The van der Waals surface area contributed by atoms with Gasteiger partial charge in [-0.2, -0.15) is 15.0 Å². The number of hydrogen-bond acceptors (Lipinski definition) is 9. The first kappa shape index (κ1) is 23.2. The van der Waals surface area contributed by atoms with Crippen LogP contribution in [0.5, 0.6) is 0 Å². The fraction of sp³-hybridized carbons (Fsp3) is 0.591. The molecule has 1 aliphatic carbocycles. The Bertz CT molecular complexity index is 742. The van der Waals surface area contributed by atoms with Crippen LogP contribution in [0.15, 0.2) is 30.3 Å². The molecule has 0 bridgehead atoms. The maximum atomic E-state index is 5.55. The van der Waals surface area contributed by atoms with Gasteiger partial charge in [0.2, 0.25) is 17.8 Å². The van der Waals surface area contributed by atoms with Crippen molar-refractivity contribution in [3.8, 4) is 0 Å². The smallest absolute Gasteiger partial charge is 0.233 e. The van der Waals surface area contributed by atoms with Crippen LogP contribution < -0.4 is 21.7 Å². The summed E-state index contributed by atoms with van der Waals surface area (Å²) >= 11 is 0. The number of rotatable bonds is 14. The Hall–Kier alpha value is -2.49. The fourth-order valence-electron chi connectivity index (χ4n) is 3.51. The molecule has 0 unspecified atom stereocenters. The van der Waals surface area contributed by atoms with Crippen LogP contribution in [0, 0.1) is 5.92 Å². The van der Waals surface area contributed by atoms with E-state index in [2.05, 4.69) is 30.9 Å². The number of anilines is 4. The number of hydrogen-bond donors (Lipinski definition) is 4. The third-order valence-electron chi connectivity index (χ3n) is 5.10. The molecule has 5 N–H and O–H groups in total. The van der Waals surface area contributed by atoms with E-state index in [9.17, 15) is 0 Å². The summed E-state index contributed by atoms with van der Waals surface area (Å²) in [6.45, 7) is 4.17. The van der Waals surface area contributed by atoms with Crippen LogP contribution >= 0.6 is 0 Å². The van der Waals surface area contributed by atoms with Crippen LogP contribution in [0.1, 0.15) is 32.1 Å². The zero-order valence-corrected chi connectivity index (χ0v) is 18.2. The number of ether oxygens (including phenoxy) is 2. The second-order valence-corrected chi connectivity index (χ2v) is 7.62.